The van der Waals surface area contributed by atoms with Crippen LogP contribution in [0.15, 0.2) is 18.2 Å². The minimum absolute atomic E-state index is 0.188. The first-order valence-electron chi connectivity index (χ1n) is 5.45. The lowest BCUT2D eigenvalue weighted by Crippen LogP contribution is -2.33. The van der Waals surface area contributed by atoms with E-state index in [0.29, 0.717) is 11.5 Å². The number of ether oxygens (including phenoxy) is 2. The molecule has 92 valence electrons. The molecule has 1 amide bonds. The predicted molar refractivity (Wildman–Crippen MR) is 61.1 cm³/mol. The molecule has 1 heterocycles. The first-order chi connectivity index (χ1) is 8.11. The van der Waals surface area contributed by atoms with Gasteiger partial charge in [-0.2, -0.15) is 0 Å². The van der Waals surface area contributed by atoms with E-state index in [1.165, 1.54) is 0 Å². The minimum Gasteiger partial charge on any atom is -0.490 e. The summed E-state index contributed by atoms with van der Waals surface area (Å²) in [7, 11) is 1.56. The Hall–Kier alpha value is -1.75. The Morgan fingerprint density at radius 2 is 2.41 bits per heavy atom. The topological polar surface area (TPSA) is 67.8 Å². The smallest absolute Gasteiger partial charge is 0.260 e. The number of aliphatic hydroxyl groups excluding tert-OH is 1. The molecule has 0 fully saturated rings. The van der Waals surface area contributed by atoms with Crippen LogP contribution in [0.3, 0.4) is 0 Å². The van der Waals surface area contributed by atoms with Crippen molar-refractivity contribution in [2.75, 3.05) is 13.7 Å². The third-order valence-electron chi connectivity index (χ3n) is 2.67. The van der Waals surface area contributed by atoms with Crippen molar-refractivity contribution in [1.29, 1.82) is 0 Å². The van der Waals surface area contributed by atoms with Crippen molar-refractivity contribution < 1.29 is 19.4 Å². The Morgan fingerprint density at radius 3 is 3.12 bits per heavy atom. The van der Waals surface area contributed by atoms with E-state index in [2.05, 4.69) is 5.32 Å². The zero-order valence-electron chi connectivity index (χ0n) is 9.77. The van der Waals surface area contributed by atoms with Crippen LogP contribution in [0, 0.1) is 0 Å². The van der Waals surface area contributed by atoms with Crippen molar-refractivity contribution in [2.24, 2.45) is 0 Å². The van der Waals surface area contributed by atoms with Crippen LogP contribution in [-0.4, -0.2) is 30.8 Å². The number of amides is 1. The number of hydrogen-bond acceptors (Lipinski definition) is 4. The standard InChI is InChI=1S/C12H15NO4/c1-7(12(15)13-2)17-8-3-4-9-10(14)6-16-11(9)5-8/h3-5,7,10,14H,6H2,1-2H3,(H,13,15). The number of benzene rings is 1. The molecule has 0 saturated heterocycles. The summed E-state index contributed by atoms with van der Waals surface area (Å²) in [6.07, 6.45) is -1.14. The molecule has 0 radical (unpaired) electrons. The van der Waals surface area contributed by atoms with Crippen molar-refractivity contribution in [3.05, 3.63) is 23.8 Å². The number of rotatable bonds is 3. The molecule has 0 aromatic heterocycles. The van der Waals surface area contributed by atoms with Crippen LogP contribution in [0.5, 0.6) is 11.5 Å². The molecule has 5 heteroatoms. The molecule has 2 atom stereocenters. The lowest BCUT2D eigenvalue weighted by atomic mass is 10.1. The highest BCUT2D eigenvalue weighted by Gasteiger charge is 2.22. The molecular formula is C12H15NO4. The minimum atomic E-state index is -0.574. The molecule has 0 saturated carbocycles. The van der Waals surface area contributed by atoms with Gasteiger partial charge in [0.2, 0.25) is 0 Å². The number of fused-ring (bicyclic) bond motifs is 1. The average Bonchev–Trinajstić information content (AvgIpc) is 2.69. The zero-order valence-corrected chi connectivity index (χ0v) is 9.77. The largest absolute Gasteiger partial charge is 0.490 e. The van der Waals surface area contributed by atoms with Gasteiger partial charge in [0.25, 0.3) is 5.91 Å². The van der Waals surface area contributed by atoms with E-state index in [9.17, 15) is 9.90 Å². The normalized spacial score (nSPS) is 19.1. The molecule has 2 N–H and O–H groups in total. The van der Waals surface area contributed by atoms with E-state index in [4.69, 9.17) is 9.47 Å². The van der Waals surface area contributed by atoms with Gasteiger partial charge in [-0.1, -0.05) is 0 Å². The summed E-state index contributed by atoms with van der Waals surface area (Å²) in [5.41, 5.74) is 0.755. The maximum atomic E-state index is 11.3. The Labute approximate surface area is 99.3 Å². The molecule has 1 aliphatic rings. The summed E-state index contributed by atoms with van der Waals surface area (Å²) in [6, 6.07) is 5.15. The second kappa shape index (κ2) is 4.63. The van der Waals surface area contributed by atoms with Crippen LogP contribution in [0.1, 0.15) is 18.6 Å². The molecule has 2 unspecified atom stereocenters. The fourth-order valence-electron chi connectivity index (χ4n) is 1.71. The Balaban J connectivity index is 2.11. The molecular weight excluding hydrogens is 222 g/mol. The number of carbonyl (C=O) groups excluding carboxylic acids is 1. The highest BCUT2D eigenvalue weighted by Crippen LogP contribution is 2.35. The summed E-state index contributed by atoms with van der Waals surface area (Å²) < 4.78 is 10.7. The first-order valence-corrected chi connectivity index (χ1v) is 5.45. The van der Waals surface area contributed by atoms with E-state index in [0.717, 1.165) is 5.56 Å². The van der Waals surface area contributed by atoms with Crippen LogP contribution >= 0.6 is 0 Å². The van der Waals surface area contributed by atoms with Crippen LogP contribution < -0.4 is 14.8 Å². The van der Waals surface area contributed by atoms with Crippen molar-refractivity contribution in [3.8, 4) is 11.5 Å². The number of carbonyl (C=O) groups is 1. The number of nitrogens with one attached hydrogen (secondary N) is 1. The van der Waals surface area contributed by atoms with Gasteiger partial charge in [-0.3, -0.25) is 4.79 Å². The highest BCUT2D eigenvalue weighted by atomic mass is 16.5. The summed E-state index contributed by atoms with van der Waals surface area (Å²) in [4.78, 5) is 11.3. The van der Waals surface area contributed by atoms with Crippen molar-refractivity contribution >= 4 is 5.91 Å². The molecule has 17 heavy (non-hydrogen) atoms. The fourth-order valence-corrected chi connectivity index (χ4v) is 1.71. The number of hydrogen-bond donors (Lipinski definition) is 2. The monoisotopic (exact) mass is 237 g/mol. The molecule has 2 rings (SSSR count). The molecule has 5 nitrogen and oxygen atoms in total. The van der Waals surface area contributed by atoms with E-state index in [1.807, 2.05) is 0 Å². The summed E-state index contributed by atoms with van der Waals surface area (Å²) in [6.45, 7) is 1.94. The maximum absolute atomic E-state index is 11.3. The van der Waals surface area contributed by atoms with Crippen LogP contribution in [-0.2, 0) is 4.79 Å². The van der Waals surface area contributed by atoms with E-state index >= 15 is 0 Å². The SMILES string of the molecule is CNC(=O)C(C)Oc1ccc2c(c1)OCC2O. The highest BCUT2D eigenvalue weighted by molar-refractivity contribution is 5.80. The summed E-state index contributed by atoms with van der Waals surface area (Å²) in [5.74, 6) is 0.972. The summed E-state index contributed by atoms with van der Waals surface area (Å²) >= 11 is 0. The van der Waals surface area contributed by atoms with Gasteiger partial charge in [0, 0.05) is 18.7 Å². The van der Waals surface area contributed by atoms with Crippen molar-refractivity contribution in [1.82, 2.24) is 5.32 Å². The molecule has 0 aliphatic carbocycles. The van der Waals surface area contributed by atoms with Gasteiger partial charge < -0.3 is 19.9 Å². The van der Waals surface area contributed by atoms with Gasteiger partial charge in [0.15, 0.2) is 6.10 Å². The number of aliphatic hydroxyl groups is 1. The Kier molecular flexibility index (Phi) is 3.19. The van der Waals surface area contributed by atoms with Gasteiger partial charge >= 0.3 is 0 Å². The van der Waals surface area contributed by atoms with Crippen LogP contribution in [0.2, 0.25) is 0 Å². The quantitative estimate of drug-likeness (QED) is 0.809. The van der Waals surface area contributed by atoms with E-state index in [-0.39, 0.29) is 12.5 Å². The van der Waals surface area contributed by atoms with E-state index < -0.39 is 12.2 Å². The summed E-state index contributed by atoms with van der Waals surface area (Å²) in [5, 5.41) is 12.1. The molecule has 1 aliphatic heterocycles. The van der Waals surface area contributed by atoms with Crippen molar-refractivity contribution in [3.63, 3.8) is 0 Å². The third-order valence-corrected chi connectivity index (χ3v) is 2.67. The first kappa shape index (κ1) is 11.7. The maximum Gasteiger partial charge on any atom is 0.260 e. The second-order valence-electron chi connectivity index (χ2n) is 3.90. The van der Waals surface area contributed by atoms with Gasteiger partial charge in [-0.05, 0) is 19.1 Å². The molecule has 1 aromatic carbocycles. The number of likely N-dealkylation sites (N-methyl/N-ethyl adjacent to an activating group) is 1. The molecule has 0 spiro atoms. The van der Waals surface area contributed by atoms with Gasteiger partial charge in [-0.15, -0.1) is 0 Å². The predicted octanol–water partition coefficient (Wildman–Crippen LogP) is 0.626. The fraction of sp³-hybridized carbons (Fsp3) is 0.417. The van der Waals surface area contributed by atoms with Crippen molar-refractivity contribution in [2.45, 2.75) is 19.1 Å². The molecule has 1 aromatic rings. The second-order valence-corrected chi connectivity index (χ2v) is 3.90. The Bertz CT molecular complexity index is 433. The Morgan fingerprint density at radius 1 is 1.65 bits per heavy atom. The van der Waals surface area contributed by atoms with Gasteiger partial charge in [-0.25, -0.2) is 0 Å². The third kappa shape index (κ3) is 2.34. The van der Waals surface area contributed by atoms with E-state index in [1.54, 1.807) is 32.2 Å². The average molecular weight is 237 g/mol. The van der Waals surface area contributed by atoms with Crippen LogP contribution in [0.4, 0.5) is 0 Å². The lowest BCUT2D eigenvalue weighted by Gasteiger charge is -2.13. The zero-order chi connectivity index (χ0) is 12.4. The van der Waals surface area contributed by atoms with Gasteiger partial charge in [0.1, 0.15) is 24.2 Å². The lowest BCUT2D eigenvalue weighted by molar-refractivity contribution is -0.126. The van der Waals surface area contributed by atoms with Crippen LogP contribution in [0.25, 0.3) is 0 Å². The molecule has 0 bridgehead atoms. The van der Waals surface area contributed by atoms with Gasteiger partial charge in [0.05, 0.1) is 0 Å².